The summed E-state index contributed by atoms with van der Waals surface area (Å²) < 4.78 is 0. The second kappa shape index (κ2) is 7.77. The Hall–Kier alpha value is -1.92. The number of hydrogen-bond acceptors (Lipinski definition) is 5. The largest absolute Gasteiger partial charge is 0.391 e. The highest BCUT2D eigenvalue weighted by molar-refractivity contribution is 7.09. The number of thiazole rings is 1. The normalized spacial score (nSPS) is 17.8. The van der Waals surface area contributed by atoms with Crippen molar-refractivity contribution < 1.29 is 9.90 Å². The number of piperidine rings is 1. The molecule has 128 valence electrons. The van der Waals surface area contributed by atoms with Crippen LogP contribution in [0.1, 0.15) is 33.9 Å². The van der Waals surface area contributed by atoms with Gasteiger partial charge in [0.1, 0.15) is 0 Å². The van der Waals surface area contributed by atoms with Crippen LogP contribution in [0.5, 0.6) is 0 Å². The Morgan fingerprint density at radius 2 is 2.38 bits per heavy atom. The molecule has 5 nitrogen and oxygen atoms in total. The summed E-state index contributed by atoms with van der Waals surface area (Å²) in [6, 6.07) is 7.57. The third-order valence-electron chi connectivity index (χ3n) is 4.17. The van der Waals surface area contributed by atoms with Crippen molar-refractivity contribution >= 4 is 22.9 Å². The van der Waals surface area contributed by atoms with Gasteiger partial charge in [0.05, 0.1) is 16.8 Å². The minimum absolute atomic E-state index is 0.00692. The number of amides is 1. The molecule has 1 aromatic heterocycles. The number of likely N-dealkylation sites (tertiary alicyclic amines) is 1. The van der Waals surface area contributed by atoms with E-state index in [1.165, 1.54) is 0 Å². The zero-order valence-corrected chi connectivity index (χ0v) is 14.7. The van der Waals surface area contributed by atoms with Crippen molar-refractivity contribution in [3.63, 3.8) is 0 Å². The number of nitrogens with zero attached hydrogens (tertiary/aromatic N) is 2. The molecule has 1 aliphatic heterocycles. The molecule has 1 fully saturated rings. The van der Waals surface area contributed by atoms with E-state index in [4.69, 9.17) is 0 Å². The fourth-order valence-corrected chi connectivity index (χ4v) is 3.59. The van der Waals surface area contributed by atoms with Gasteiger partial charge in [-0.05, 0) is 38.0 Å². The fourth-order valence-electron chi connectivity index (χ4n) is 2.94. The van der Waals surface area contributed by atoms with Gasteiger partial charge in [-0.25, -0.2) is 4.98 Å². The predicted octanol–water partition coefficient (Wildman–Crippen LogP) is 2.70. The van der Waals surface area contributed by atoms with Gasteiger partial charge in [0.2, 0.25) is 0 Å². The molecule has 0 saturated carbocycles. The minimum Gasteiger partial charge on any atom is -0.391 e. The van der Waals surface area contributed by atoms with E-state index in [9.17, 15) is 9.90 Å². The quantitative estimate of drug-likeness (QED) is 0.874. The Balaban J connectivity index is 1.58. The molecular weight excluding hydrogens is 322 g/mol. The summed E-state index contributed by atoms with van der Waals surface area (Å²) in [6.07, 6.45) is 2.10. The van der Waals surface area contributed by atoms with Crippen LogP contribution in [-0.4, -0.2) is 46.6 Å². The number of carbonyl (C=O) groups is 1. The molecule has 0 spiro atoms. The SMILES string of the molecule is Cc1nc(CCNc2cccc(C(=O)N3CCC[C@@H](O)C3)c2)cs1. The topological polar surface area (TPSA) is 65.5 Å². The summed E-state index contributed by atoms with van der Waals surface area (Å²) in [5.74, 6) is -0.00692. The molecular formula is C18H23N3O2S. The Kier molecular flexibility index (Phi) is 5.48. The second-order valence-electron chi connectivity index (χ2n) is 6.16. The molecule has 1 aliphatic rings. The summed E-state index contributed by atoms with van der Waals surface area (Å²) in [7, 11) is 0. The number of aryl methyl sites for hydroxylation is 1. The molecule has 0 radical (unpaired) electrons. The van der Waals surface area contributed by atoms with Crippen LogP contribution >= 0.6 is 11.3 Å². The first kappa shape index (κ1) is 16.9. The molecule has 1 aromatic carbocycles. The summed E-state index contributed by atoms with van der Waals surface area (Å²) in [4.78, 5) is 18.8. The monoisotopic (exact) mass is 345 g/mol. The van der Waals surface area contributed by atoms with Crippen LogP contribution in [0, 0.1) is 6.92 Å². The van der Waals surface area contributed by atoms with Gasteiger partial charge < -0.3 is 15.3 Å². The zero-order chi connectivity index (χ0) is 16.9. The van der Waals surface area contributed by atoms with Crippen molar-refractivity contribution in [1.82, 2.24) is 9.88 Å². The first-order valence-corrected chi connectivity index (χ1v) is 9.22. The third-order valence-corrected chi connectivity index (χ3v) is 4.99. The van der Waals surface area contributed by atoms with E-state index < -0.39 is 6.10 Å². The van der Waals surface area contributed by atoms with Crippen LogP contribution in [0.3, 0.4) is 0 Å². The first-order valence-electron chi connectivity index (χ1n) is 8.34. The molecule has 1 amide bonds. The van der Waals surface area contributed by atoms with E-state index in [0.29, 0.717) is 12.1 Å². The minimum atomic E-state index is -0.398. The van der Waals surface area contributed by atoms with Gasteiger partial charge >= 0.3 is 0 Å². The molecule has 1 atom stereocenters. The number of nitrogens with one attached hydrogen (secondary N) is 1. The molecule has 2 N–H and O–H groups in total. The third kappa shape index (κ3) is 4.33. The van der Waals surface area contributed by atoms with E-state index >= 15 is 0 Å². The van der Waals surface area contributed by atoms with E-state index in [-0.39, 0.29) is 5.91 Å². The number of β-amino-alcohol motifs (C(OH)–C–C–N with tert-alkyl or cyclic N) is 1. The van der Waals surface area contributed by atoms with Gasteiger partial charge in [0, 0.05) is 42.7 Å². The maximum absolute atomic E-state index is 12.6. The first-order chi connectivity index (χ1) is 11.6. The molecule has 0 unspecified atom stereocenters. The Morgan fingerprint density at radius 3 is 3.12 bits per heavy atom. The van der Waals surface area contributed by atoms with Crippen LogP contribution in [0.4, 0.5) is 5.69 Å². The molecule has 3 rings (SSSR count). The zero-order valence-electron chi connectivity index (χ0n) is 13.9. The van der Waals surface area contributed by atoms with Gasteiger partial charge in [0.15, 0.2) is 0 Å². The van der Waals surface area contributed by atoms with Crippen molar-refractivity contribution in [3.05, 3.63) is 45.9 Å². The lowest BCUT2D eigenvalue weighted by Gasteiger charge is -2.30. The Bertz CT molecular complexity index is 701. The van der Waals surface area contributed by atoms with Crippen LogP contribution in [0.15, 0.2) is 29.6 Å². The maximum atomic E-state index is 12.6. The van der Waals surface area contributed by atoms with E-state index in [1.54, 1.807) is 16.2 Å². The van der Waals surface area contributed by atoms with E-state index in [2.05, 4.69) is 15.7 Å². The van der Waals surface area contributed by atoms with Gasteiger partial charge in [-0.3, -0.25) is 4.79 Å². The molecule has 0 aliphatic carbocycles. The van der Waals surface area contributed by atoms with Gasteiger partial charge in [0.25, 0.3) is 5.91 Å². The van der Waals surface area contributed by atoms with Crippen LogP contribution in [-0.2, 0) is 6.42 Å². The second-order valence-corrected chi connectivity index (χ2v) is 7.22. The summed E-state index contributed by atoms with van der Waals surface area (Å²) in [5, 5.41) is 16.3. The number of aliphatic hydroxyl groups is 1. The lowest BCUT2D eigenvalue weighted by atomic mass is 10.1. The lowest BCUT2D eigenvalue weighted by molar-refractivity contribution is 0.0474. The van der Waals surface area contributed by atoms with Crippen LogP contribution in [0.2, 0.25) is 0 Å². The van der Waals surface area contributed by atoms with Gasteiger partial charge in [-0.15, -0.1) is 11.3 Å². The number of aliphatic hydroxyl groups excluding tert-OH is 1. The number of hydrogen-bond donors (Lipinski definition) is 2. The molecule has 6 heteroatoms. The van der Waals surface area contributed by atoms with Crippen molar-refractivity contribution in [2.24, 2.45) is 0 Å². The number of benzene rings is 1. The van der Waals surface area contributed by atoms with Gasteiger partial charge in [-0.1, -0.05) is 6.07 Å². The highest BCUT2D eigenvalue weighted by Crippen LogP contribution is 2.17. The molecule has 2 aromatic rings. The predicted molar refractivity (Wildman–Crippen MR) is 96.6 cm³/mol. The molecule has 2 heterocycles. The maximum Gasteiger partial charge on any atom is 0.254 e. The average Bonchev–Trinajstić information content (AvgIpc) is 3.00. The van der Waals surface area contributed by atoms with Gasteiger partial charge in [-0.2, -0.15) is 0 Å². The number of rotatable bonds is 5. The smallest absolute Gasteiger partial charge is 0.254 e. The van der Waals surface area contributed by atoms with Crippen molar-refractivity contribution in [2.75, 3.05) is 25.0 Å². The fraction of sp³-hybridized carbons (Fsp3) is 0.444. The van der Waals surface area contributed by atoms with Crippen molar-refractivity contribution in [2.45, 2.75) is 32.3 Å². The summed E-state index contributed by atoms with van der Waals surface area (Å²) in [6.45, 7) is 3.94. The summed E-state index contributed by atoms with van der Waals surface area (Å²) in [5.41, 5.74) is 2.70. The van der Waals surface area contributed by atoms with E-state index in [1.807, 2.05) is 31.2 Å². The Labute approximate surface area is 146 Å². The Morgan fingerprint density at radius 1 is 1.50 bits per heavy atom. The summed E-state index contributed by atoms with van der Waals surface area (Å²) >= 11 is 1.66. The number of carbonyl (C=O) groups excluding carboxylic acids is 1. The van der Waals surface area contributed by atoms with Crippen LogP contribution in [0.25, 0.3) is 0 Å². The average molecular weight is 345 g/mol. The van der Waals surface area contributed by atoms with E-state index in [0.717, 1.165) is 48.7 Å². The molecule has 1 saturated heterocycles. The standard InChI is InChI=1S/C18H23N3O2S/c1-13-20-16(12-24-13)7-8-19-15-5-2-4-14(10-15)18(23)21-9-3-6-17(22)11-21/h2,4-5,10,12,17,19,22H,3,6-9,11H2,1H3/t17-/m1/s1. The lowest BCUT2D eigenvalue weighted by Crippen LogP contribution is -2.42. The van der Waals surface area contributed by atoms with Crippen molar-refractivity contribution in [1.29, 1.82) is 0 Å². The highest BCUT2D eigenvalue weighted by atomic mass is 32.1. The van der Waals surface area contributed by atoms with Crippen molar-refractivity contribution in [3.8, 4) is 0 Å². The van der Waals surface area contributed by atoms with Crippen LogP contribution < -0.4 is 5.32 Å². The molecule has 24 heavy (non-hydrogen) atoms. The number of aromatic nitrogens is 1. The molecule has 0 bridgehead atoms. The highest BCUT2D eigenvalue weighted by Gasteiger charge is 2.23. The number of anilines is 1.